The molecule has 0 atom stereocenters. The van der Waals surface area contributed by atoms with Crippen molar-refractivity contribution < 1.29 is 28.2 Å². The van der Waals surface area contributed by atoms with Gasteiger partial charge in [-0.1, -0.05) is 0 Å². The molecule has 0 saturated heterocycles. The number of methoxy groups -OCH3 is 2. The Balaban J connectivity index is 1.76. The van der Waals surface area contributed by atoms with E-state index in [1.807, 2.05) is 0 Å². The molecule has 2 aromatic carbocycles. The van der Waals surface area contributed by atoms with Crippen molar-refractivity contribution in [1.82, 2.24) is 14.5 Å². The number of imidazole rings is 1. The van der Waals surface area contributed by atoms with Crippen molar-refractivity contribution in [3.05, 3.63) is 77.4 Å². The number of hydrogen-bond acceptors (Lipinski definition) is 6. The molecule has 4 aromatic rings. The van der Waals surface area contributed by atoms with Crippen molar-refractivity contribution in [3.8, 4) is 16.9 Å². The van der Waals surface area contributed by atoms with E-state index in [9.17, 15) is 9.90 Å². The average molecular weight is 453 g/mol. The van der Waals surface area contributed by atoms with Gasteiger partial charge in [-0.05, 0) is 42.0 Å². The van der Waals surface area contributed by atoms with Crippen molar-refractivity contribution in [2.45, 2.75) is 13.0 Å². The first-order chi connectivity index (χ1) is 15.9. The molecular formula is C24H21F2N3O4. The number of fused-ring (bicyclic) bond motifs is 1. The van der Waals surface area contributed by atoms with Crippen LogP contribution in [0, 0.1) is 11.6 Å². The van der Waals surface area contributed by atoms with Crippen LogP contribution in [0.15, 0.2) is 48.8 Å². The monoisotopic (exact) mass is 453 g/mol. The van der Waals surface area contributed by atoms with Gasteiger partial charge in [-0.2, -0.15) is 0 Å². The van der Waals surface area contributed by atoms with E-state index in [2.05, 4.69) is 9.97 Å². The summed E-state index contributed by atoms with van der Waals surface area (Å²) >= 11 is 0. The third-order valence-corrected chi connectivity index (χ3v) is 5.35. The van der Waals surface area contributed by atoms with Crippen LogP contribution < -0.4 is 0 Å². The molecule has 0 saturated carbocycles. The lowest BCUT2D eigenvalue weighted by Gasteiger charge is -2.12. The molecule has 7 nitrogen and oxygen atoms in total. The molecule has 0 fully saturated rings. The summed E-state index contributed by atoms with van der Waals surface area (Å²) in [4.78, 5) is 20.3. The molecule has 1 N–H and O–H groups in total. The number of rotatable bonds is 7. The summed E-state index contributed by atoms with van der Waals surface area (Å²) in [5.74, 6) is -1.78. The van der Waals surface area contributed by atoms with Crippen molar-refractivity contribution in [2.24, 2.45) is 0 Å². The molecule has 0 aliphatic rings. The average Bonchev–Trinajstić information content (AvgIpc) is 3.15. The fourth-order valence-corrected chi connectivity index (χ4v) is 3.70. The second kappa shape index (κ2) is 9.33. The summed E-state index contributed by atoms with van der Waals surface area (Å²) in [5.41, 5.74) is 1.86. The normalized spacial score (nSPS) is 11.2. The summed E-state index contributed by atoms with van der Waals surface area (Å²) in [6.07, 6.45) is 2.52. The van der Waals surface area contributed by atoms with Crippen LogP contribution in [0.3, 0.4) is 0 Å². The van der Waals surface area contributed by atoms with Crippen molar-refractivity contribution in [2.75, 3.05) is 20.8 Å². The SMILES string of the molecule is COCCn1c(Cc2c(F)cc(-c3ccncc3O)cc2F)nc2ccc(C(=O)OC)cc21. The van der Waals surface area contributed by atoms with E-state index in [0.29, 0.717) is 35.6 Å². The Labute approximate surface area is 188 Å². The first-order valence-corrected chi connectivity index (χ1v) is 10.1. The summed E-state index contributed by atoms with van der Waals surface area (Å²) < 4.78 is 41.7. The van der Waals surface area contributed by atoms with Gasteiger partial charge in [-0.15, -0.1) is 0 Å². The summed E-state index contributed by atoms with van der Waals surface area (Å²) in [5, 5.41) is 9.96. The molecule has 9 heteroatoms. The van der Waals surface area contributed by atoms with Crippen molar-refractivity contribution >= 4 is 17.0 Å². The van der Waals surface area contributed by atoms with Gasteiger partial charge in [-0.3, -0.25) is 4.98 Å². The van der Waals surface area contributed by atoms with Crippen LogP contribution in [0.1, 0.15) is 21.7 Å². The lowest BCUT2D eigenvalue weighted by Crippen LogP contribution is -2.11. The molecule has 0 unspecified atom stereocenters. The topological polar surface area (TPSA) is 86.5 Å². The largest absolute Gasteiger partial charge is 0.506 e. The molecule has 0 aliphatic carbocycles. The number of benzene rings is 2. The van der Waals surface area contributed by atoms with Crippen LogP contribution in [0.4, 0.5) is 8.78 Å². The number of carbonyl (C=O) groups excluding carboxylic acids is 1. The standard InChI is InChI=1S/C24H21F2N3O4/c1-32-8-7-29-21-11-14(24(31)33-2)3-4-20(21)28-23(29)12-17-18(25)9-15(10-19(17)26)16-5-6-27-13-22(16)30/h3-6,9-11,13,30H,7-8,12H2,1-2H3. The predicted molar refractivity (Wildman–Crippen MR) is 117 cm³/mol. The van der Waals surface area contributed by atoms with E-state index >= 15 is 8.78 Å². The quantitative estimate of drug-likeness (QED) is 0.424. The Morgan fingerprint density at radius 1 is 1.12 bits per heavy atom. The molecule has 0 radical (unpaired) electrons. The van der Waals surface area contributed by atoms with E-state index in [1.54, 1.807) is 29.9 Å². The molecule has 33 heavy (non-hydrogen) atoms. The first-order valence-electron chi connectivity index (χ1n) is 10.1. The smallest absolute Gasteiger partial charge is 0.337 e. The second-order valence-electron chi connectivity index (χ2n) is 7.36. The zero-order valence-corrected chi connectivity index (χ0v) is 18.0. The second-order valence-corrected chi connectivity index (χ2v) is 7.36. The maximum absolute atomic E-state index is 15.0. The van der Waals surface area contributed by atoms with Gasteiger partial charge < -0.3 is 19.1 Å². The molecule has 4 rings (SSSR count). The molecular weight excluding hydrogens is 432 g/mol. The Bertz CT molecular complexity index is 1310. The number of esters is 1. The van der Waals surface area contributed by atoms with E-state index in [0.717, 1.165) is 0 Å². The van der Waals surface area contributed by atoms with E-state index in [-0.39, 0.29) is 28.9 Å². The van der Waals surface area contributed by atoms with Crippen LogP contribution in [0.2, 0.25) is 0 Å². The number of pyridine rings is 1. The number of aromatic nitrogens is 3. The third kappa shape index (κ3) is 4.40. The number of nitrogens with zero attached hydrogens (tertiary/aromatic N) is 3. The lowest BCUT2D eigenvalue weighted by molar-refractivity contribution is 0.0601. The highest BCUT2D eigenvalue weighted by atomic mass is 19.1. The number of hydrogen-bond donors (Lipinski definition) is 1. The predicted octanol–water partition coefficient (Wildman–Crippen LogP) is 4.11. The Hall–Kier alpha value is -3.85. The molecule has 0 bridgehead atoms. The zero-order valence-electron chi connectivity index (χ0n) is 18.0. The molecule has 0 aliphatic heterocycles. The van der Waals surface area contributed by atoms with E-state index in [1.165, 1.54) is 37.7 Å². The van der Waals surface area contributed by atoms with E-state index in [4.69, 9.17) is 9.47 Å². The molecule has 2 heterocycles. The van der Waals surface area contributed by atoms with Gasteiger partial charge >= 0.3 is 5.97 Å². The van der Waals surface area contributed by atoms with Gasteiger partial charge in [0.2, 0.25) is 0 Å². The summed E-state index contributed by atoms with van der Waals surface area (Å²) in [7, 11) is 2.84. The first kappa shape index (κ1) is 22.3. The fraction of sp³-hybridized carbons (Fsp3) is 0.208. The maximum Gasteiger partial charge on any atom is 0.337 e. The number of carbonyl (C=O) groups is 1. The van der Waals surface area contributed by atoms with Crippen LogP contribution in [-0.2, 0) is 22.4 Å². The van der Waals surface area contributed by atoms with Gasteiger partial charge in [-0.25, -0.2) is 18.6 Å². The molecule has 2 aromatic heterocycles. The highest BCUT2D eigenvalue weighted by Gasteiger charge is 2.19. The minimum atomic E-state index is -0.762. The van der Waals surface area contributed by atoms with Gasteiger partial charge in [0.1, 0.15) is 23.2 Å². The fourth-order valence-electron chi connectivity index (χ4n) is 3.70. The van der Waals surface area contributed by atoms with Crippen LogP contribution >= 0.6 is 0 Å². The summed E-state index contributed by atoms with van der Waals surface area (Å²) in [6, 6.07) is 8.71. The highest BCUT2D eigenvalue weighted by molar-refractivity contribution is 5.93. The lowest BCUT2D eigenvalue weighted by atomic mass is 10.0. The highest BCUT2D eigenvalue weighted by Crippen LogP contribution is 2.31. The maximum atomic E-state index is 15.0. The number of aromatic hydroxyl groups is 1. The zero-order chi connectivity index (χ0) is 23.5. The number of halogens is 2. The van der Waals surface area contributed by atoms with Crippen LogP contribution in [0.25, 0.3) is 22.2 Å². The van der Waals surface area contributed by atoms with Crippen LogP contribution in [-0.4, -0.2) is 46.4 Å². The Kier molecular flexibility index (Phi) is 6.32. The Morgan fingerprint density at radius 2 is 1.88 bits per heavy atom. The summed E-state index contributed by atoms with van der Waals surface area (Å²) in [6.45, 7) is 0.714. The molecule has 0 spiro atoms. The van der Waals surface area contributed by atoms with Crippen LogP contribution in [0.5, 0.6) is 5.75 Å². The molecule has 170 valence electrons. The third-order valence-electron chi connectivity index (χ3n) is 5.35. The Morgan fingerprint density at radius 3 is 2.55 bits per heavy atom. The minimum Gasteiger partial charge on any atom is -0.506 e. The molecule has 0 amide bonds. The minimum absolute atomic E-state index is 0.119. The van der Waals surface area contributed by atoms with Crippen molar-refractivity contribution in [1.29, 1.82) is 0 Å². The van der Waals surface area contributed by atoms with Gasteiger partial charge in [0.05, 0.1) is 36.5 Å². The van der Waals surface area contributed by atoms with Gasteiger partial charge in [0.15, 0.2) is 0 Å². The van der Waals surface area contributed by atoms with Gasteiger partial charge in [0, 0.05) is 37.4 Å². The van der Waals surface area contributed by atoms with E-state index < -0.39 is 17.6 Å². The number of ether oxygens (including phenoxy) is 2. The van der Waals surface area contributed by atoms with Crippen molar-refractivity contribution in [3.63, 3.8) is 0 Å². The van der Waals surface area contributed by atoms with Gasteiger partial charge in [0.25, 0.3) is 0 Å².